The van der Waals surface area contributed by atoms with Crippen LogP contribution in [0.4, 0.5) is 10.5 Å². The molecule has 0 atom stereocenters. The molecular weight excluding hydrogens is 260 g/mol. The average Bonchev–Trinajstić information content (AvgIpc) is 2.27. The normalized spacial score (nSPS) is 11.3. The fraction of sp³-hybridized carbons (Fsp3) is 0.500. The molecule has 2 N–H and O–H groups in total. The summed E-state index contributed by atoms with van der Waals surface area (Å²) >= 11 is 0. The van der Waals surface area contributed by atoms with Gasteiger partial charge in [0.15, 0.2) is 0 Å². The first-order chi connectivity index (χ1) is 9.21. The van der Waals surface area contributed by atoms with Crippen molar-refractivity contribution in [3.63, 3.8) is 0 Å². The van der Waals surface area contributed by atoms with Crippen LogP contribution in [-0.2, 0) is 11.3 Å². The number of hydrogen-bond donors (Lipinski definition) is 2. The van der Waals surface area contributed by atoms with Gasteiger partial charge < -0.3 is 14.7 Å². The van der Waals surface area contributed by atoms with E-state index in [2.05, 4.69) is 5.32 Å². The first-order valence-corrected chi connectivity index (χ1v) is 6.28. The van der Waals surface area contributed by atoms with Gasteiger partial charge in [0, 0.05) is 24.4 Å². The minimum absolute atomic E-state index is 0.329. The number of hydroxylamine groups is 2. The molecule has 6 nitrogen and oxygen atoms in total. The fourth-order valence-corrected chi connectivity index (χ4v) is 1.62. The van der Waals surface area contributed by atoms with Gasteiger partial charge in [-0.3, -0.25) is 5.32 Å². The van der Waals surface area contributed by atoms with Crippen LogP contribution in [0.3, 0.4) is 0 Å². The Hall–Kier alpha value is -1.79. The van der Waals surface area contributed by atoms with Gasteiger partial charge in [-0.05, 0) is 26.8 Å². The van der Waals surface area contributed by atoms with Crippen molar-refractivity contribution in [2.24, 2.45) is 0 Å². The third-order valence-corrected chi connectivity index (χ3v) is 2.33. The molecule has 0 saturated heterocycles. The minimum atomic E-state index is -0.548. The molecule has 0 unspecified atom stereocenters. The maximum Gasteiger partial charge on any atom is 0.412 e. The van der Waals surface area contributed by atoms with E-state index >= 15 is 0 Å². The van der Waals surface area contributed by atoms with Gasteiger partial charge in [-0.1, -0.05) is 6.07 Å². The fourth-order valence-electron chi connectivity index (χ4n) is 1.62. The quantitative estimate of drug-likeness (QED) is 0.831. The number of carbonyl (C=O) groups is 1. The van der Waals surface area contributed by atoms with Crippen molar-refractivity contribution in [2.75, 3.05) is 19.5 Å². The Morgan fingerprint density at radius 3 is 2.55 bits per heavy atom. The van der Waals surface area contributed by atoms with Crippen molar-refractivity contribution in [3.05, 3.63) is 23.8 Å². The molecule has 0 aromatic heterocycles. The summed E-state index contributed by atoms with van der Waals surface area (Å²) in [6.07, 6.45) is -0.522. The van der Waals surface area contributed by atoms with Gasteiger partial charge in [0.05, 0.1) is 13.7 Å². The number of nitrogens with one attached hydrogen (secondary N) is 1. The molecule has 0 aliphatic rings. The summed E-state index contributed by atoms with van der Waals surface area (Å²) in [7, 11) is 3.08. The SMILES string of the molecule is COc1cc(NC(=O)OC(C)(C)C)ccc1CN(C)O. The lowest BCUT2D eigenvalue weighted by atomic mass is 10.1. The van der Waals surface area contributed by atoms with Crippen LogP contribution < -0.4 is 10.1 Å². The summed E-state index contributed by atoms with van der Waals surface area (Å²) in [6, 6.07) is 5.19. The lowest BCUT2D eigenvalue weighted by Gasteiger charge is -2.20. The lowest BCUT2D eigenvalue weighted by molar-refractivity contribution is -0.0735. The van der Waals surface area contributed by atoms with Gasteiger partial charge in [0.25, 0.3) is 0 Å². The molecule has 1 rings (SSSR count). The molecule has 0 spiro atoms. The predicted molar refractivity (Wildman–Crippen MR) is 76.1 cm³/mol. The predicted octanol–water partition coefficient (Wildman–Crippen LogP) is 2.86. The van der Waals surface area contributed by atoms with E-state index in [1.165, 1.54) is 7.11 Å². The summed E-state index contributed by atoms with van der Waals surface area (Å²) < 4.78 is 10.4. The molecule has 1 amide bonds. The standard InChI is InChI=1S/C14H22N2O4/c1-14(2,3)20-13(17)15-11-7-6-10(9-16(4)18)12(8-11)19-5/h6-8,18H,9H2,1-5H3,(H,15,17). The number of carbonyl (C=O) groups excluding carboxylic acids is 1. The van der Waals surface area contributed by atoms with Crippen molar-refractivity contribution in [1.29, 1.82) is 0 Å². The first kappa shape index (κ1) is 16.3. The highest BCUT2D eigenvalue weighted by molar-refractivity contribution is 5.85. The zero-order valence-corrected chi connectivity index (χ0v) is 12.6. The molecule has 0 aliphatic carbocycles. The van der Waals surface area contributed by atoms with Crippen molar-refractivity contribution in [2.45, 2.75) is 32.9 Å². The van der Waals surface area contributed by atoms with Gasteiger partial charge in [-0.15, -0.1) is 0 Å². The average molecular weight is 282 g/mol. The van der Waals surface area contributed by atoms with Gasteiger partial charge in [0.2, 0.25) is 0 Å². The van der Waals surface area contributed by atoms with E-state index in [1.54, 1.807) is 46.0 Å². The van der Waals surface area contributed by atoms with Crippen LogP contribution in [0.25, 0.3) is 0 Å². The number of rotatable bonds is 4. The van der Waals surface area contributed by atoms with Gasteiger partial charge in [0.1, 0.15) is 11.4 Å². The maximum atomic E-state index is 11.7. The van der Waals surface area contributed by atoms with Crippen molar-refractivity contribution in [3.8, 4) is 5.75 Å². The molecule has 20 heavy (non-hydrogen) atoms. The monoisotopic (exact) mass is 282 g/mol. The molecular formula is C14H22N2O4. The maximum absolute atomic E-state index is 11.7. The summed E-state index contributed by atoms with van der Waals surface area (Å²) in [4.78, 5) is 11.7. The molecule has 0 saturated carbocycles. The number of methoxy groups -OCH3 is 1. The molecule has 1 aromatic carbocycles. The van der Waals surface area contributed by atoms with E-state index in [1.807, 2.05) is 0 Å². The largest absolute Gasteiger partial charge is 0.496 e. The molecule has 0 heterocycles. The van der Waals surface area contributed by atoms with E-state index in [0.717, 1.165) is 10.6 Å². The Kier molecular flexibility index (Phi) is 5.35. The smallest absolute Gasteiger partial charge is 0.412 e. The highest BCUT2D eigenvalue weighted by Gasteiger charge is 2.16. The number of ether oxygens (including phenoxy) is 2. The van der Waals surface area contributed by atoms with Crippen LogP contribution in [0, 0.1) is 0 Å². The molecule has 0 fully saturated rings. The minimum Gasteiger partial charge on any atom is -0.496 e. The van der Waals surface area contributed by atoms with Gasteiger partial charge in [-0.2, -0.15) is 5.06 Å². The Morgan fingerprint density at radius 2 is 2.05 bits per heavy atom. The van der Waals surface area contributed by atoms with Crippen LogP contribution in [0.15, 0.2) is 18.2 Å². The Morgan fingerprint density at radius 1 is 1.40 bits per heavy atom. The van der Waals surface area contributed by atoms with E-state index in [0.29, 0.717) is 18.0 Å². The molecule has 112 valence electrons. The number of nitrogens with zero attached hydrogens (tertiary/aromatic N) is 1. The number of hydrogen-bond acceptors (Lipinski definition) is 5. The summed E-state index contributed by atoms with van der Waals surface area (Å²) in [5.74, 6) is 0.583. The van der Waals surface area contributed by atoms with Crippen LogP contribution in [0.5, 0.6) is 5.75 Å². The molecule has 0 radical (unpaired) electrons. The van der Waals surface area contributed by atoms with Gasteiger partial charge in [-0.25, -0.2) is 4.79 Å². The zero-order chi connectivity index (χ0) is 15.3. The Balaban J connectivity index is 2.80. The van der Waals surface area contributed by atoms with Crippen LogP contribution in [0.2, 0.25) is 0 Å². The summed E-state index contributed by atoms with van der Waals surface area (Å²) in [5.41, 5.74) is 0.834. The molecule has 1 aromatic rings. The number of benzene rings is 1. The molecule has 0 bridgehead atoms. The molecule has 0 aliphatic heterocycles. The first-order valence-electron chi connectivity index (χ1n) is 6.28. The van der Waals surface area contributed by atoms with Crippen molar-refractivity contribution < 1.29 is 19.5 Å². The topological polar surface area (TPSA) is 71.0 Å². The van der Waals surface area contributed by atoms with E-state index in [9.17, 15) is 10.0 Å². The Labute approximate surface area is 119 Å². The summed E-state index contributed by atoms with van der Waals surface area (Å²) in [5, 5.41) is 12.9. The third kappa shape index (κ3) is 5.46. The molecule has 6 heteroatoms. The zero-order valence-electron chi connectivity index (χ0n) is 12.6. The highest BCUT2D eigenvalue weighted by Crippen LogP contribution is 2.24. The Bertz CT molecular complexity index is 467. The van der Waals surface area contributed by atoms with E-state index in [4.69, 9.17) is 9.47 Å². The van der Waals surface area contributed by atoms with E-state index in [-0.39, 0.29) is 0 Å². The highest BCUT2D eigenvalue weighted by atomic mass is 16.6. The van der Waals surface area contributed by atoms with Crippen molar-refractivity contribution in [1.82, 2.24) is 5.06 Å². The van der Waals surface area contributed by atoms with Gasteiger partial charge >= 0.3 is 6.09 Å². The van der Waals surface area contributed by atoms with E-state index < -0.39 is 11.7 Å². The second kappa shape index (κ2) is 6.58. The third-order valence-electron chi connectivity index (χ3n) is 2.33. The second-order valence-corrected chi connectivity index (χ2v) is 5.47. The van der Waals surface area contributed by atoms with Crippen LogP contribution in [-0.4, -0.2) is 36.1 Å². The summed E-state index contributed by atoms with van der Waals surface area (Å²) in [6.45, 7) is 5.73. The second-order valence-electron chi connectivity index (χ2n) is 5.47. The van der Waals surface area contributed by atoms with Crippen molar-refractivity contribution >= 4 is 11.8 Å². The number of amides is 1. The van der Waals surface area contributed by atoms with Crippen LogP contribution >= 0.6 is 0 Å². The lowest BCUT2D eigenvalue weighted by Crippen LogP contribution is -2.27. The number of anilines is 1. The van der Waals surface area contributed by atoms with Crippen LogP contribution in [0.1, 0.15) is 26.3 Å².